The van der Waals surface area contributed by atoms with E-state index in [1.807, 2.05) is 42.5 Å². The number of hydrogen-bond donors (Lipinski definition) is 1. The largest absolute Gasteiger partial charge is 0.324 e. The third-order valence-corrected chi connectivity index (χ3v) is 4.01. The number of amides is 1. The second kappa shape index (κ2) is 5.46. The summed E-state index contributed by atoms with van der Waals surface area (Å²) in [4.78, 5) is 26.7. The molecule has 1 N–H and O–H groups in total. The van der Waals surface area contributed by atoms with Crippen LogP contribution in [0.15, 0.2) is 42.5 Å². The van der Waals surface area contributed by atoms with E-state index in [-0.39, 0.29) is 5.91 Å². The lowest BCUT2D eigenvalue weighted by Crippen LogP contribution is -2.07. The van der Waals surface area contributed by atoms with E-state index in [4.69, 9.17) is 0 Å². The smallest absolute Gasteiger partial charge is 0.221 e. The molecule has 0 aliphatic rings. The van der Waals surface area contributed by atoms with Crippen LogP contribution in [0.2, 0.25) is 0 Å². The molecule has 0 saturated heterocycles. The van der Waals surface area contributed by atoms with Crippen LogP contribution in [0.5, 0.6) is 0 Å². The number of anilines is 1. The Morgan fingerprint density at radius 1 is 1.19 bits per heavy atom. The summed E-state index contributed by atoms with van der Waals surface area (Å²) in [6.45, 7) is 1.46. The van der Waals surface area contributed by atoms with Crippen LogP contribution < -0.4 is 5.32 Å². The van der Waals surface area contributed by atoms with E-state index in [0.29, 0.717) is 16.2 Å². The van der Waals surface area contributed by atoms with Gasteiger partial charge in [-0.25, -0.2) is 4.98 Å². The fourth-order valence-corrected chi connectivity index (χ4v) is 3.01. The Morgan fingerprint density at radius 3 is 2.62 bits per heavy atom. The van der Waals surface area contributed by atoms with Crippen LogP contribution in [0.25, 0.3) is 21.3 Å². The molecule has 5 heteroatoms. The quantitative estimate of drug-likeness (QED) is 0.749. The van der Waals surface area contributed by atoms with Crippen molar-refractivity contribution < 1.29 is 9.59 Å². The van der Waals surface area contributed by atoms with Gasteiger partial charge in [0.25, 0.3) is 0 Å². The zero-order chi connectivity index (χ0) is 14.8. The minimum absolute atomic E-state index is 0.166. The number of fused-ring (bicyclic) bond motifs is 1. The van der Waals surface area contributed by atoms with Crippen LogP contribution in [-0.4, -0.2) is 17.2 Å². The van der Waals surface area contributed by atoms with Gasteiger partial charge in [-0.05, 0) is 11.6 Å². The Morgan fingerprint density at radius 2 is 1.95 bits per heavy atom. The van der Waals surface area contributed by atoms with E-state index in [1.54, 1.807) is 0 Å². The summed E-state index contributed by atoms with van der Waals surface area (Å²) in [6, 6.07) is 13.6. The van der Waals surface area contributed by atoms with E-state index >= 15 is 0 Å². The van der Waals surface area contributed by atoms with Gasteiger partial charge < -0.3 is 5.32 Å². The molecule has 0 bridgehead atoms. The average molecular weight is 296 g/mol. The van der Waals surface area contributed by atoms with Crippen molar-refractivity contribution >= 4 is 39.4 Å². The highest BCUT2D eigenvalue weighted by Gasteiger charge is 2.14. The van der Waals surface area contributed by atoms with Crippen LogP contribution in [0, 0.1) is 0 Å². The zero-order valence-corrected chi connectivity index (χ0v) is 12.1. The molecule has 1 heterocycles. The Kier molecular flexibility index (Phi) is 3.50. The monoisotopic (exact) mass is 296 g/mol. The predicted molar refractivity (Wildman–Crippen MR) is 84.7 cm³/mol. The molecular weight excluding hydrogens is 284 g/mol. The molecule has 3 aromatic rings. The van der Waals surface area contributed by atoms with Crippen molar-refractivity contribution in [3.63, 3.8) is 0 Å². The van der Waals surface area contributed by atoms with Gasteiger partial charge in [-0.3, -0.25) is 9.59 Å². The van der Waals surface area contributed by atoms with Gasteiger partial charge in [0.1, 0.15) is 5.52 Å². The summed E-state index contributed by atoms with van der Waals surface area (Å²) in [7, 11) is 0. The molecule has 104 valence electrons. The molecule has 21 heavy (non-hydrogen) atoms. The number of hydrogen-bond acceptors (Lipinski definition) is 4. The lowest BCUT2D eigenvalue weighted by Gasteiger charge is -2.11. The highest BCUT2D eigenvalue weighted by atomic mass is 32.1. The fraction of sp³-hybridized carbons (Fsp3) is 0.0625. The van der Waals surface area contributed by atoms with Gasteiger partial charge in [-0.15, -0.1) is 11.3 Å². The average Bonchev–Trinajstić information content (AvgIpc) is 2.92. The van der Waals surface area contributed by atoms with Crippen molar-refractivity contribution in [2.24, 2.45) is 0 Å². The number of nitrogens with one attached hydrogen (secondary N) is 1. The first-order valence-corrected chi connectivity index (χ1v) is 7.22. The Bertz CT molecular complexity index is 825. The number of nitrogens with zero attached hydrogens (tertiary/aromatic N) is 1. The molecule has 0 spiro atoms. The van der Waals surface area contributed by atoms with Crippen molar-refractivity contribution in [2.45, 2.75) is 6.92 Å². The van der Waals surface area contributed by atoms with E-state index in [9.17, 15) is 9.59 Å². The summed E-state index contributed by atoms with van der Waals surface area (Å²) in [5.41, 5.74) is 3.18. The fourth-order valence-electron chi connectivity index (χ4n) is 2.22. The van der Waals surface area contributed by atoms with Gasteiger partial charge >= 0.3 is 0 Å². The topological polar surface area (TPSA) is 59.1 Å². The second-order valence-electron chi connectivity index (χ2n) is 4.55. The molecule has 0 unspecified atom stereocenters. The van der Waals surface area contributed by atoms with Crippen molar-refractivity contribution in [1.82, 2.24) is 4.98 Å². The van der Waals surface area contributed by atoms with E-state index in [2.05, 4.69) is 10.3 Å². The molecule has 4 nitrogen and oxygen atoms in total. The number of carbonyl (C=O) groups excluding carboxylic acids is 2. The van der Waals surface area contributed by atoms with Crippen molar-refractivity contribution in [2.75, 3.05) is 5.32 Å². The maximum atomic E-state index is 11.5. The second-order valence-corrected chi connectivity index (χ2v) is 5.61. The molecule has 1 amide bonds. The van der Waals surface area contributed by atoms with Crippen LogP contribution in [0.4, 0.5) is 5.69 Å². The lowest BCUT2D eigenvalue weighted by atomic mass is 10.0. The third kappa shape index (κ3) is 2.55. The third-order valence-electron chi connectivity index (χ3n) is 3.06. The molecule has 1 aromatic heterocycles. The molecule has 0 aliphatic carbocycles. The molecule has 0 saturated carbocycles. The normalized spacial score (nSPS) is 10.5. The predicted octanol–water partition coefficient (Wildman–Crippen LogP) is 3.73. The number of carbonyl (C=O) groups is 2. The first-order chi connectivity index (χ1) is 10.2. The SMILES string of the molecule is CC(=O)Nc1c(-c2ccccc2)ccc2sc(C=O)nc12. The number of aromatic nitrogens is 1. The van der Waals surface area contributed by atoms with Gasteiger partial charge in [0.2, 0.25) is 5.91 Å². The highest BCUT2D eigenvalue weighted by molar-refractivity contribution is 7.20. The molecule has 0 aliphatic heterocycles. The maximum absolute atomic E-state index is 11.5. The van der Waals surface area contributed by atoms with Gasteiger partial charge in [-0.2, -0.15) is 0 Å². The van der Waals surface area contributed by atoms with Gasteiger partial charge in [0, 0.05) is 12.5 Å². The van der Waals surface area contributed by atoms with Crippen LogP contribution in [0.3, 0.4) is 0 Å². The Hall–Kier alpha value is -2.53. The highest BCUT2D eigenvalue weighted by Crippen LogP contribution is 2.36. The molecule has 0 fully saturated rings. The standard InChI is InChI=1S/C16H12N2O2S/c1-10(20)17-15-12(11-5-3-2-4-6-11)7-8-13-16(15)18-14(9-19)21-13/h2-9H,1H3,(H,17,20). The first-order valence-electron chi connectivity index (χ1n) is 6.41. The van der Waals surface area contributed by atoms with E-state index < -0.39 is 0 Å². The molecule has 0 atom stereocenters. The van der Waals surface area contributed by atoms with Crippen molar-refractivity contribution in [3.8, 4) is 11.1 Å². The molecular formula is C16H12N2O2S. The summed E-state index contributed by atoms with van der Waals surface area (Å²) in [6.07, 6.45) is 0.727. The van der Waals surface area contributed by atoms with Gasteiger partial charge in [-0.1, -0.05) is 36.4 Å². The van der Waals surface area contributed by atoms with Crippen LogP contribution in [0.1, 0.15) is 16.7 Å². The van der Waals surface area contributed by atoms with Crippen LogP contribution >= 0.6 is 11.3 Å². The number of aldehydes is 1. The lowest BCUT2D eigenvalue weighted by molar-refractivity contribution is -0.114. The Balaban J connectivity index is 2.28. The summed E-state index contributed by atoms with van der Waals surface area (Å²) < 4.78 is 0.875. The number of rotatable bonds is 3. The molecule has 3 rings (SSSR count). The minimum Gasteiger partial charge on any atom is -0.324 e. The van der Waals surface area contributed by atoms with E-state index in [0.717, 1.165) is 22.1 Å². The molecule has 0 radical (unpaired) electrons. The summed E-state index contributed by atoms with van der Waals surface area (Å²) in [5, 5.41) is 3.25. The van der Waals surface area contributed by atoms with Crippen molar-refractivity contribution in [1.29, 1.82) is 0 Å². The van der Waals surface area contributed by atoms with E-state index in [1.165, 1.54) is 18.3 Å². The zero-order valence-electron chi connectivity index (χ0n) is 11.3. The number of thiazole rings is 1. The number of benzene rings is 2. The summed E-state index contributed by atoms with van der Waals surface area (Å²) >= 11 is 1.31. The van der Waals surface area contributed by atoms with Gasteiger partial charge in [0.15, 0.2) is 11.3 Å². The molecule has 2 aromatic carbocycles. The minimum atomic E-state index is -0.166. The van der Waals surface area contributed by atoms with Crippen molar-refractivity contribution in [3.05, 3.63) is 47.5 Å². The van der Waals surface area contributed by atoms with Gasteiger partial charge in [0.05, 0.1) is 10.4 Å². The first kappa shape index (κ1) is 13.5. The summed E-state index contributed by atoms with van der Waals surface area (Å²) in [5.74, 6) is -0.166. The van der Waals surface area contributed by atoms with Crippen LogP contribution in [-0.2, 0) is 4.79 Å². The Labute approximate surface area is 125 Å². The maximum Gasteiger partial charge on any atom is 0.221 e.